The first-order chi connectivity index (χ1) is 32.8. The Morgan fingerprint density at radius 2 is 0.917 bits per heavy atom. The van der Waals surface area contributed by atoms with Crippen LogP contribution in [0.2, 0.25) is 0 Å². The van der Waals surface area contributed by atoms with E-state index in [4.69, 9.17) is 5.73 Å². The summed E-state index contributed by atoms with van der Waals surface area (Å²) in [6.45, 7) is 12.4. The minimum atomic E-state index is -3.66. The Labute approximate surface area is 450 Å². The third kappa shape index (κ3) is 21.9. The number of carboxylic acids is 2. The van der Waals surface area contributed by atoms with Crippen LogP contribution in [0.3, 0.4) is 0 Å². The van der Waals surface area contributed by atoms with Crippen LogP contribution in [0.5, 0.6) is 0 Å². The Balaban J connectivity index is 0.000000649. The zero-order valence-corrected chi connectivity index (χ0v) is 45.9. The van der Waals surface area contributed by atoms with Crippen LogP contribution in [0.25, 0.3) is 34.7 Å². The van der Waals surface area contributed by atoms with Gasteiger partial charge in [-0.25, -0.2) is 54.2 Å². The number of anilines is 2. The van der Waals surface area contributed by atoms with E-state index in [-0.39, 0.29) is 74.3 Å². The summed E-state index contributed by atoms with van der Waals surface area (Å²) in [7, 11) is -4.67. The van der Waals surface area contributed by atoms with Crippen molar-refractivity contribution in [2.75, 3.05) is 41.8 Å². The molecule has 0 radical (unpaired) electrons. The number of halogens is 2. The normalized spacial score (nSPS) is 13.4. The quantitative estimate of drug-likeness (QED) is 0.0748. The van der Waals surface area contributed by atoms with Crippen molar-refractivity contribution in [3.05, 3.63) is 94.8 Å². The summed E-state index contributed by atoms with van der Waals surface area (Å²) in [5.74, 6) is -3.62. The molecule has 0 aliphatic heterocycles. The topological polar surface area (TPSA) is 314 Å². The molecule has 19 nitrogen and oxygen atoms in total. The van der Waals surface area contributed by atoms with Gasteiger partial charge in [-0.05, 0) is 72.8 Å². The average molecular weight is 1070 g/mol. The number of aliphatic hydroxyl groups is 4. The van der Waals surface area contributed by atoms with E-state index in [9.17, 15) is 65.8 Å². The van der Waals surface area contributed by atoms with Crippen LogP contribution < -0.4 is 24.6 Å². The van der Waals surface area contributed by atoms with Crippen LogP contribution in [-0.4, -0.2) is 164 Å². The SMILES string of the molecule is CC(C)CN.CC(C)c1nc(N(C)S(C)(=O)=O)nc(-c2ccc(F)cc2)c1C=C[C@@H](O)C[C@@H](O)CC(=O)[O-].CC(C)c1nc(N(C)S(C)(=O)=O)nc(-c2ccc(F)cc2)c1C=C[C@@H](O)C[C@@H](O)CC(=O)[O-].[Ca+2]. The second-order valence-electron chi connectivity index (χ2n) is 17.5. The molecule has 0 bridgehead atoms. The number of aliphatic hydroxyl groups excluding tert-OH is 4. The molecule has 6 N–H and O–H groups in total. The van der Waals surface area contributed by atoms with Gasteiger partial charge in [-0.2, -0.15) is 0 Å². The maximum atomic E-state index is 13.5. The fraction of sp³-hybridized carbons (Fsp3) is 0.458. The Morgan fingerprint density at radius 3 is 1.15 bits per heavy atom. The van der Waals surface area contributed by atoms with E-state index in [0.717, 1.165) is 27.7 Å². The monoisotopic (exact) mass is 1070 g/mol. The predicted molar refractivity (Wildman–Crippen MR) is 270 cm³/mol. The van der Waals surface area contributed by atoms with Gasteiger partial charge in [0.25, 0.3) is 0 Å². The second kappa shape index (κ2) is 30.0. The number of carbonyl (C=O) groups excluding carboxylic acids is 2. The average Bonchev–Trinajstić information content (AvgIpc) is 3.26. The molecular formula is C48H65CaF2N7O12S2. The first-order valence-corrected chi connectivity index (χ1v) is 26.0. The number of aromatic nitrogens is 4. The molecule has 24 heteroatoms. The summed E-state index contributed by atoms with van der Waals surface area (Å²) in [6.07, 6.45) is 1.16. The number of aliphatic carboxylic acids is 2. The molecule has 2 aromatic heterocycles. The van der Waals surface area contributed by atoms with Gasteiger partial charge in [0, 0.05) is 74.0 Å². The largest absolute Gasteiger partial charge is 2.00 e. The van der Waals surface area contributed by atoms with E-state index < -0.39 is 80.9 Å². The van der Waals surface area contributed by atoms with Gasteiger partial charge in [0.2, 0.25) is 31.9 Å². The fourth-order valence-electron chi connectivity index (χ4n) is 6.07. The summed E-state index contributed by atoms with van der Waals surface area (Å²) >= 11 is 0. The zero-order chi connectivity index (χ0) is 54.1. The number of benzene rings is 2. The van der Waals surface area contributed by atoms with E-state index in [0.29, 0.717) is 50.9 Å². The van der Waals surface area contributed by atoms with Crippen LogP contribution >= 0.6 is 0 Å². The first kappa shape index (κ1) is 65.5. The molecule has 0 amide bonds. The van der Waals surface area contributed by atoms with Crippen molar-refractivity contribution in [1.29, 1.82) is 0 Å². The first-order valence-electron chi connectivity index (χ1n) is 22.3. The molecule has 0 spiro atoms. The fourth-order valence-corrected chi connectivity index (χ4v) is 6.83. The smallest absolute Gasteiger partial charge is 0.550 e. The second-order valence-corrected chi connectivity index (χ2v) is 21.6. The predicted octanol–water partition coefficient (Wildman–Crippen LogP) is 2.35. The molecule has 2 aromatic carbocycles. The summed E-state index contributed by atoms with van der Waals surface area (Å²) < 4.78 is 77.1. The van der Waals surface area contributed by atoms with Gasteiger partial charge in [0.1, 0.15) is 11.6 Å². The van der Waals surface area contributed by atoms with E-state index in [1.54, 1.807) is 0 Å². The Bertz CT molecular complexity index is 2500. The minimum Gasteiger partial charge on any atom is -0.550 e. The molecule has 0 saturated carbocycles. The van der Waals surface area contributed by atoms with E-state index in [2.05, 4.69) is 33.8 Å². The molecule has 0 aliphatic carbocycles. The van der Waals surface area contributed by atoms with Crippen molar-refractivity contribution in [2.45, 2.75) is 103 Å². The molecule has 2 heterocycles. The van der Waals surface area contributed by atoms with Crippen LogP contribution in [-0.2, 0) is 29.6 Å². The van der Waals surface area contributed by atoms with Gasteiger partial charge in [-0.15, -0.1) is 0 Å². The molecule has 0 aliphatic rings. The number of carbonyl (C=O) groups is 2. The molecule has 0 unspecified atom stereocenters. The van der Waals surface area contributed by atoms with Crippen LogP contribution in [0, 0.1) is 17.6 Å². The molecule has 4 aromatic rings. The molecular weight excluding hydrogens is 1010 g/mol. The van der Waals surface area contributed by atoms with Gasteiger partial charge in [0.15, 0.2) is 0 Å². The molecule has 4 atom stereocenters. The van der Waals surface area contributed by atoms with Gasteiger partial charge in [0.05, 0.1) is 59.7 Å². The number of hydrogen-bond acceptors (Lipinski definition) is 17. The third-order valence-corrected chi connectivity index (χ3v) is 12.4. The van der Waals surface area contributed by atoms with Crippen molar-refractivity contribution < 1.29 is 65.8 Å². The van der Waals surface area contributed by atoms with E-state index in [1.165, 1.54) is 86.9 Å². The van der Waals surface area contributed by atoms with Gasteiger partial charge < -0.3 is 46.0 Å². The summed E-state index contributed by atoms with van der Waals surface area (Å²) in [4.78, 5) is 38.9. The molecule has 392 valence electrons. The minimum absolute atomic E-state index is 0. The summed E-state index contributed by atoms with van der Waals surface area (Å²) in [5.41, 5.74) is 8.69. The standard InChI is InChI=1S/2C22H28FN3O6S.C4H11N.Ca/c2*1-13(2)20-18(10-9-16(27)11-17(28)12-19(29)30)21(14-5-7-15(23)8-6-14)25-22(24-20)26(3)33(4,31)32;1-4(2)3-5;/h2*5-10,13,16-17,27-28H,11-12H2,1-4H3,(H,29,30);4H,3,5H2,1-2H3;/q;;;+2/p-2/t2*16-,17-;;/m11../s1. The molecule has 0 saturated heterocycles. The van der Waals surface area contributed by atoms with Gasteiger partial charge in [-0.3, -0.25) is 0 Å². The Morgan fingerprint density at radius 1 is 0.625 bits per heavy atom. The molecule has 0 fully saturated rings. The van der Waals surface area contributed by atoms with Crippen molar-refractivity contribution in [1.82, 2.24) is 19.9 Å². The maximum Gasteiger partial charge on any atom is 2.00 e. The van der Waals surface area contributed by atoms with Crippen LogP contribution in [0.1, 0.15) is 102 Å². The van der Waals surface area contributed by atoms with Gasteiger partial charge >= 0.3 is 37.7 Å². The van der Waals surface area contributed by atoms with Crippen molar-refractivity contribution >= 4 is 93.8 Å². The summed E-state index contributed by atoms with van der Waals surface area (Å²) in [5, 5.41) is 61.1. The van der Waals surface area contributed by atoms with Crippen molar-refractivity contribution in [2.24, 2.45) is 11.7 Å². The molecule has 4 rings (SSSR count). The summed E-state index contributed by atoms with van der Waals surface area (Å²) in [6, 6.07) is 10.9. The number of rotatable bonds is 21. The molecule has 72 heavy (non-hydrogen) atoms. The van der Waals surface area contributed by atoms with Crippen molar-refractivity contribution in [3.8, 4) is 22.5 Å². The number of carboxylic acid groups (broad SMARTS) is 2. The zero-order valence-electron chi connectivity index (χ0n) is 42.1. The number of sulfonamides is 2. The number of nitrogens with zero attached hydrogens (tertiary/aromatic N) is 6. The van der Waals surface area contributed by atoms with Crippen molar-refractivity contribution in [3.63, 3.8) is 0 Å². The van der Waals surface area contributed by atoms with Crippen LogP contribution in [0.15, 0.2) is 60.7 Å². The van der Waals surface area contributed by atoms with Crippen LogP contribution in [0.4, 0.5) is 20.7 Å². The Kier molecular flexibility index (Phi) is 27.2. The Hall–Kier alpha value is -4.56. The number of hydrogen-bond donors (Lipinski definition) is 5. The third-order valence-electron chi connectivity index (χ3n) is 10.1. The van der Waals surface area contributed by atoms with Gasteiger partial charge in [-0.1, -0.05) is 65.8 Å². The number of nitrogens with two attached hydrogens (primary N) is 1. The van der Waals surface area contributed by atoms with E-state index >= 15 is 0 Å². The van der Waals surface area contributed by atoms with E-state index in [1.807, 2.05) is 27.7 Å². The maximum absolute atomic E-state index is 13.5.